The Morgan fingerprint density at radius 1 is 1.24 bits per heavy atom. The highest BCUT2D eigenvalue weighted by Crippen LogP contribution is 2.47. The zero-order chi connectivity index (χ0) is 30.4. The van der Waals surface area contributed by atoms with Gasteiger partial charge in [0.05, 0.1) is 39.3 Å². The van der Waals surface area contributed by atoms with Crippen LogP contribution in [0.1, 0.15) is 39.7 Å². The number of nitrogens with zero attached hydrogens (tertiary/aromatic N) is 3. The third-order valence-corrected chi connectivity index (χ3v) is 8.97. The van der Waals surface area contributed by atoms with Crippen LogP contribution in [0.3, 0.4) is 0 Å². The predicted molar refractivity (Wildman–Crippen MR) is 147 cm³/mol. The lowest BCUT2D eigenvalue weighted by Gasteiger charge is -2.42. The molecule has 9 nitrogen and oxygen atoms in total. The fourth-order valence-electron chi connectivity index (χ4n) is 6.38. The van der Waals surface area contributed by atoms with Gasteiger partial charge in [-0.3, -0.25) is 4.79 Å². The molecule has 5 atom stereocenters. The molecule has 1 N–H and O–H groups in total. The van der Waals surface area contributed by atoms with Gasteiger partial charge in [0.1, 0.15) is 17.7 Å². The lowest BCUT2D eigenvalue weighted by Crippen LogP contribution is -2.52. The summed E-state index contributed by atoms with van der Waals surface area (Å²) in [5.41, 5.74) is -0.425. The number of hydrogen-bond acceptors (Lipinski definition) is 8. The Morgan fingerprint density at radius 2 is 1.98 bits per heavy atom. The van der Waals surface area contributed by atoms with E-state index in [4.69, 9.17) is 18.9 Å². The number of hydrogen-bond donors (Lipinski definition) is 1. The Morgan fingerprint density at radius 3 is 2.55 bits per heavy atom. The van der Waals surface area contributed by atoms with Gasteiger partial charge in [0.15, 0.2) is 17.7 Å². The second-order valence-electron chi connectivity index (χ2n) is 12.5. The molecule has 12 heteroatoms. The van der Waals surface area contributed by atoms with Crippen LogP contribution in [0.15, 0.2) is 42.0 Å². The largest absolute Gasteiger partial charge is 0.493 e. The molecule has 232 valence electrons. The van der Waals surface area contributed by atoms with E-state index in [2.05, 4.69) is 11.1 Å². The van der Waals surface area contributed by atoms with Crippen molar-refractivity contribution in [1.82, 2.24) is 9.88 Å². The second-order valence-corrected chi connectivity index (χ2v) is 12.5. The lowest BCUT2D eigenvalue weighted by molar-refractivity contribution is -0.159. The molecule has 3 fully saturated rings. The minimum absolute atomic E-state index is 0.00693. The number of rotatable bonds is 8. The molecule has 3 saturated heterocycles. The Hall–Kier alpha value is -2.83. The van der Waals surface area contributed by atoms with Gasteiger partial charge in [-0.15, -0.1) is 0 Å². The van der Waals surface area contributed by atoms with Crippen molar-refractivity contribution >= 4 is 11.7 Å². The van der Waals surface area contributed by atoms with E-state index in [1.807, 2.05) is 17.9 Å². The van der Waals surface area contributed by atoms with Crippen molar-refractivity contribution in [2.75, 3.05) is 44.8 Å². The van der Waals surface area contributed by atoms with E-state index in [1.165, 1.54) is 12.3 Å². The molecule has 1 aliphatic carbocycles. The van der Waals surface area contributed by atoms with E-state index in [1.54, 1.807) is 38.8 Å². The maximum Gasteiger partial charge on any atom is 0.393 e. The van der Waals surface area contributed by atoms with Crippen molar-refractivity contribution in [3.05, 3.63) is 47.6 Å². The van der Waals surface area contributed by atoms with Crippen LogP contribution >= 0.6 is 0 Å². The molecule has 42 heavy (non-hydrogen) atoms. The molecule has 0 aromatic carbocycles. The molecule has 3 aliphatic heterocycles. The Labute approximate surface area is 244 Å². The summed E-state index contributed by atoms with van der Waals surface area (Å²) in [6.45, 7) is 9.51. The summed E-state index contributed by atoms with van der Waals surface area (Å²) < 4.78 is 61.4. The summed E-state index contributed by atoms with van der Waals surface area (Å²) in [7, 11) is 1.59. The number of ether oxygens (including phenoxy) is 4. The van der Waals surface area contributed by atoms with Crippen LogP contribution in [-0.4, -0.2) is 91.1 Å². The number of amides is 1. The molecule has 0 bridgehead atoms. The summed E-state index contributed by atoms with van der Waals surface area (Å²) >= 11 is 0. The number of allylic oxidation sites excluding steroid dienone is 3. The highest BCUT2D eigenvalue weighted by atomic mass is 19.4. The average molecular weight is 596 g/mol. The van der Waals surface area contributed by atoms with Crippen LogP contribution in [0.5, 0.6) is 0 Å². The van der Waals surface area contributed by atoms with Crippen molar-refractivity contribution in [2.45, 2.75) is 70.8 Å². The standard InChI is InChI=1S/C30H40F3N3O6/c1-18(37)29(4)17-36(27(38)25-16-40-28(2,3)42-25)15-22(29)20-7-8-23(39-5)24(10-20)41-21-13-35(14-21)26-9-6-19(12-34-26)11-30(31,32)33/h6-9,12,18,20-22,25,37H,10-11,13-17H2,1-5H3/t18-,20?,22+,25+,29+/m1/s1. The van der Waals surface area contributed by atoms with Gasteiger partial charge in [-0.05, 0) is 50.3 Å². The normalized spacial score (nSPS) is 30.5. The number of methoxy groups -OCH3 is 1. The maximum absolute atomic E-state index is 13.4. The highest BCUT2D eigenvalue weighted by Gasteiger charge is 2.52. The van der Waals surface area contributed by atoms with Crippen molar-refractivity contribution in [2.24, 2.45) is 17.3 Å². The Balaban J connectivity index is 1.22. The van der Waals surface area contributed by atoms with Crippen molar-refractivity contribution in [1.29, 1.82) is 0 Å². The summed E-state index contributed by atoms with van der Waals surface area (Å²) in [5.74, 6) is 0.949. The quantitative estimate of drug-likeness (QED) is 0.485. The topological polar surface area (TPSA) is 93.6 Å². The fraction of sp³-hybridized carbons (Fsp3) is 0.667. The van der Waals surface area contributed by atoms with E-state index in [0.29, 0.717) is 49.9 Å². The number of aliphatic hydroxyl groups is 1. The minimum Gasteiger partial charge on any atom is -0.493 e. The SMILES string of the molecule is COC1=C(OC2CN(c3ccc(CC(F)(F)F)cn3)C2)CC([C@@H]2CN(C(=O)[C@@H]3COC(C)(C)O3)C[C@@]2(C)[C@@H](C)O)C=C1. The number of carbonyl (C=O) groups is 1. The van der Waals surface area contributed by atoms with E-state index in [0.717, 1.165) is 0 Å². The van der Waals surface area contributed by atoms with Gasteiger partial charge < -0.3 is 33.9 Å². The first-order valence-electron chi connectivity index (χ1n) is 14.3. The van der Waals surface area contributed by atoms with Crippen molar-refractivity contribution in [3.63, 3.8) is 0 Å². The first kappa shape index (κ1) is 30.6. The lowest BCUT2D eigenvalue weighted by atomic mass is 9.68. The number of aliphatic hydroxyl groups excluding tert-OH is 1. The zero-order valence-corrected chi connectivity index (χ0v) is 24.7. The average Bonchev–Trinajstić information content (AvgIpc) is 3.45. The zero-order valence-electron chi connectivity index (χ0n) is 24.7. The number of halogens is 3. The first-order valence-corrected chi connectivity index (χ1v) is 14.3. The number of anilines is 1. The van der Waals surface area contributed by atoms with E-state index < -0.39 is 36.0 Å². The van der Waals surface area contributed by atoms with Gasteiger partial charge in [0.2, 0.25) is 0 Å². The van der Waals surface area contributed by atoms with E-state index in [9.17, 15) is 23.1 Å². The highest BCUT2D eigenvalue weighted by molar-refractivity contribution is 5.81. The van der Waals surface area contributed by atoms with Gasteiger partial charge >= 0.3 is 6.18 Å². The monoisotopic (exact) mass is 595 g/mol. The number of carbonyl (C=O) groups excluding carboxylic acids is 1. The molecule has 0 spiro atoms. The van der Waals surface area contributed by atoms with Crippen LogP contribution in [-0.2, 0) is 30.2 Å². The molecule has 0 saturated carbocycles. The predicted octanol–water partition coefficient (Wildman–Crippen LogP) is 3.82. The van der Waals surface area contributed by atoms with Crippen molar-refractivity contribution in [3.8, 4) is 0 Å². The molecule has 1 unspecified atom stereocenters. The Bertz CT molecular complexity index is 1210. The Kier molecular flexibility index (Phi) is 8.27. The number of alkyl halides is 3. The molecule has 1 aromatic heterocycles. The molecule has 1 amide bonds. The molecular formula is C30H40F3N3O6. The van der Waals surface area contributed by atoms with Crippen LogP contribution in [0.25, 0.3) is 0 Å². The van der Waals surface area contributed by atoms with Gasteiger partial charge in [0.25, 0.3) is 5.91 Å². The summed E-state index contributed by atoms with van der Waals surface area (Å²) in [5, 5.41) is 10.9. The van der Waals surface area contributed by atoms with Crippen LogP contribution in [0.4, 0.5) is 19.0 Å². The number of likely N-dealkylation sites (tertiary alicyclic amines) is 1. The smallest absolute Gasteiger partial charge is 0.393 e. The number of aromatic nitrogens is 1. The molecule has 4 heterocycles. The molecule has 5 rings (SSSR count). The maximum atomic E-state index is 13.4. The molecule has 0 radical (unpaired) electrons. The molecular weight excluding hydrogens is 555 g/mol. The van der Waals surface area contributed by atoms with Gasteiger partial charge in [-0.1, -0.05) is 19.1 Å². The number of pyridine rings is 1. The summed E-state index contributed by atoms with van der Waals surface area (Å²) in [6.07, 6.45) is -0.960. The third-order valence-electron chi connectivity index (χ3n) is 8.97. The van der Waals surface area contributed by atoms with Gasteiger partial charge in [-0.25, -0.2) is 4.98 Å². The van der Waals surface area contributed by atoms with E-state index in [-0.39, 0.29) is 36.0 Å². The summed E-state index contributed by atoms with van der Waals surface area (Å²) in [6, 6.07) is 3.05. The first-order chi connectivity index (χ1) is 19.7. The third kappa shape index (κ3) is 6.40. The second kappa shape index (κ2) is 11.3. The fourth-order valence-corrected chi connectivity index (χ4v) is 6.38. The van der Waals surface area contributed by atoms with E-state index >= 15 is 0 Å². The van der Waals surface area contributed by atoms with Crippen molar-refractivity contribution < 1.29 is 42.0 Å². The van der Waals surface area contributed by atoms with Gasteiger partial charge in [0, 0.05) is 31.1 Å². The van der Waals surface area contributed by atoms with Crippen LogP contribution in [0.2, 0.25) is 0 Å². The minimum atomic E-state index is -4.27. The molecule has 4 aliphatic rings. The summed E-state index contributed by atoms with van der Waals surface area (Å²) in [4.78, 5) is 21.3. The van der Waals surface area contributed by atoms with Crippen LogP contribution in [0, 0.1) is 17.3 Å². The molecule has 1 aromatic rings. The van der Waals surface area contributed by atoms with Gasteiger partial charge in [-0.2, -0.15) is 13.2 Å². The van der Waals surface area contributed by atoms with Crippen LogP contribution < -0.4 is 4.90 Å².